The maximum absolute atomic E-state index is 12.9. The van der Waals surface area contributed by atoms with E-state index in [2.05, 4.69) is 10.6 Å². The molecule has 1 unspecified atom stereocenters. The van der Waals surface area contributed by atoms with Crippen LogP contribution in [0.5, 0.6) is 0 Å². The summed E-state index contributed by atoms with van der Waals surface area (Å²) in [5, 5.41) is 14.5. The smallest absolute Gasteiger partial charge is 0.339 e. The summed E-state index contributed by atoms with van der Waals surface area (Å²) in [6.07, 6.45) is 0.915. The van der Waals surface area contributed by atoms with Crippen molar-refractivity contribution in [1.82, 2.24) is 10.2 Å². The Morgan fingerprint density at radius 1 is 1.29 bits per heavy atom. The van der Waals surface area contributed by atoms with Gasteiger partial charge in [-0.25, -0.2) is 14.0 Å². The number of hydrogen-bond acceptors (Lipinski definition) is 4. The lowest BCUT2D eigenvalue weighted by Gasteiger charge is -2.16. The zero-order valence-corrected chi connectivity index (χ0v) is 15.2. The molecule has 2 aromatic rings. The van der Waals surface area contributed by atoms with Crippen molar-refractivity contribution in [2.24, 2.45) is 0 Å². The molecule has 0 radical (unpaired) electrons. The Morgan fingerprint density at radius 3 is 2.61 bits per heavy atom. The predicted octanol–water partition coefficient (Wildman–Crippen LogP) is 2.72. The van der Waals surface area contributed by atoms with Crippen molar-refractivity contribution in [1.29, 1.82) is 0 Å². The van der Waals surface area contributed by atoms with Gasteiger partial charge in [-0.1, -0.05) is 6.92 Å². The molecule has 28 heavy (non-hydrogen) atoms. The molecule has 0 spiro atoms. The monoisotopic (exact) mass is 389 g/mol. The largest absolute Gasteiger partial charge is 0.478 e. The van der Waals surface area contributed by atoms with Crippen LogP contribution in [0, 0.1) is 5.82 Å². The van der Waals surface area contributed by atoms with Crippen molar-refractivity contribution in [3.8, 4) is 0 Å². The summed E-state index contributed by atoms with van der Waals surface area (Å²) in [4.78, 5) is 37.4. The van der Waals surface area contributed by atoms with Crippen LogP contribution in [0.25, 0.3) is 0 Å². The number of nitrogens with zero attached hydrogens (tertiary/aromatic N) is 1. The molecule has 3 amide bonds. The van der Waals surface area contributed by atoms with Crippen molar-refractivity contribution in [3.63, 3.8) is 0 Å². The van der Waals surface area contributed by atoms with E-state index >= 15 is 0 Å². The molecular formula is C19H20FN3O5. The fourth-order valence-corrected chi connectivity index (χ4v) is 3.08. The Bertz CT molecular complexity index is 893. The molecule has 1 saturated heterocycles. The van der Waals surface area contributed by atoms with Crippen molar-refractivity contribution in [3.05, 3.63) is 53.2 Å². The average Bonchev–Trinajstić information content (AvgIpc) is 3.30. The molecule has 0 bridgehead atoms. The average molecular weight is 389 g/mol. The van der Waals surface area contributed by atoms with Crippen molar-refractivity contribution >= 4 is 23.6 Å². The van der Waals surface area contributed by atoms with Gasteiger partial charge in [-0.2, -0.15) is 0 Å². The quantitative estimate of drug-likeness (QED) is 0.728. The Hall–Kier alpha value is -3.36. The first-order chi connectivity index (χ1) is 13.4. The van der Waals surface area contributed by atoms with Gasteiger partial charge in [0.15, 0.2) is 5.76 Å². The molecule has 1 fully saturated rings. The molecule has 1 aromatic heterocycles. The first kappa shape index (κ1) is 19.4. The van der Waals surface area contributed by atoms with Gasteiger partial charge in [-0.05, 0) is 30.7 Å². The number of carbonyl (C=O) groups excluding carboxylic acids is 2. The lowest BCUT2D eigenvalue weighted by atomic mass is 10.2. The zero-order valence-electron chi connectivity index (χ0n) is 15.2. The number of benzene rings is 1. The van der Waals surface area contributed by atoms with Crippen LogP contribution in [0.3, 0.4) is 0 Å². The summed E-state index contributed by atoms with van der Waals surface area (Å²) in [5.74, 6) is -1.72. The molecule has 1 atom stereocenters. The van der Waals surface area contributed by atoms with Crippen LogP contribution in [0.4, 0.5) is 14.9 Å². The minimum atomic E-state index is -1.14. The van der Waals surface area contributed by atoms with E-state index in [9.17, 15) is 23.9 Å². The van der Waals surface area contributed by atoms with Gasteiger partial charge in [0.1, 0.15) is 17.1 Å². The topological polar surface area (TPSA) is 112 Å². The fourth-order valence-electron chi connectivity index (χ4n) is 3.08. The number of amides is 3. The van der Waals surface area contributed by atoms with Crippen LogP contribution in [0.1, 0.15) is 40.0 Å². The predicted molar refractivity (Wildman–Crippen MR) is 97.9 cm³/mol. The van der Waals surface area contributed by atoms with Crippen molar-refractivity contribution in [2.75, 3.05) is 18.4 Å². The van der Waals surface area contributed by atoms with Crippen molar-refractivity contribution < 1.29 is 28.3 Å². The summed E-state index contributed by atoms with van der Waals surface area (Å²) in [7, 11) is 0. The van der Waals surface area contributed by atoms with Gasteiger partial charge in [0.05, 0.1) is 0 Å². The molecule has 3 N–H and O–H groups in total. The first-order valence-corrected chi connectivity index (χ1v) is 8.85. The van der Waals surface area contributed by atoms with Gasteiger partial charge in [0.25, 0.3) is 5.91 Å². The second kappa shape index (κ2) is 8.12. The first-order valence-electron chi connectivity index (χ1n) is 8.85. The Labute approximate surface area is 160 Å². The molecule has 1 aromatic carbocycles. The van der Waals surface area contributed by atoms with Gasteiger partial charge in [0.2, 0.25) is 0 Å². The summed E-state index contributed by atoms with van der Waals surface area (Å²) in [5.41, 5.74) is 0.437. The van der Waals surface area contributed by atoms with Crippen LogP contribution in [0.15, 0.2) is 34.7 Å². The summed E-state index contributed by atoms with van der Waals surface area (Å²) in [6.45, 7) is 2.43. The van der Waals surface area contributed by atoms with Crippen LogP contribution < -0.4 is 10.6 Å². The number of rotatable bonds is 5. The van der Waals surface area contributed by atoms with Crippen LogP contribution in [-0.2, 0) is 6.42 Å². The number of likely N-dealkylation sites (tertiary alicyclic amines) is 1. The third-order valence-corrected chi connectivity index (χ3v) is 4.48. The van der Waals surface area contributed by atoms with Crippen molar-refractivity contribution in [2.45, 2.75) is 25.8 Å². The number of hydrogen-bond donors (Lipinski definition) is 3. The number of carboxylic acids is 1. The maximum atomic E-state index is 12.9. The third kappa shape index (κ3) is 4.30. The van der Waals surface area contributed by atoms with E-state index < -0.39 is 23.7 Å². The van der Waals surface area contributed by atoms with Gasteiger partial charge < -0.3 is 25.1 Å². The molecule has 3 rings (SSSR count). The molecule has 0 aliphatic carbocycles. The van der Waals surface area contributed by atoms with Gasteiger partial charge >= 0.3 is 12.0 Å². The van der Waals surface area contributed by atoms with Crippen LogP contribution >= 0.6 is 0 Å². The molecule has 0 saturated carbocycles. The molecule has 1 aliphatic heterocycles. The minimum absolute atomic E-state index is 0.0154. The number of carbonyl (C=O) groups is 3. The standard InChI is InChI=1S/C19H20FN3O5/c1-2-15-14(18(25)26)9-16(28-15)17(24)23-8-7-13(10-23)22-19(27)21-12-5-3-11(20)4-6-12/h3-6,9,13H,2,7-8,10H2,1H3,(H,25,26)(H2,21,22,27). The Balaban J connectivity index is 1.57. The fraction of sp³-hybridized carbons (Fsp3) is 0.316. The van der Waals surface area contributed by atoms with Gasteiger partial charge in [-0.3, -0.25) is 4.79 Å². The molecule has 8 nitrogen and oxygen atoms in total. The molecular weight excluding hydrogens is 369 g/mol. The van der Waals surface area contributed by atoms with E-state index in [4.69, 9.17) is 4.42 Å². The van der Waals surface area contributed by atoms with E-state index in [1.165, 1.54) is 35.2 Å². The van der Waals surface area contributed by atoms with Crippen LogP contribution in [0.2, 0.25) is 0 Å². The number of anilines is 1. The number of nitrogens with one attached hydrogen (secondary N) is 2. The van der Waals surface area contributed by atoms with E-state index in [-0.39, 0.29) is 29.7 Å². The number of urea groups is 1. The normalized spacial score (nSPS) is 16.1. The molecule has 2 heterocycles. The van der Waals surface area contributed by atoms with Gasteiger partial charge in [-0.15, -0.1) is 0 Å². The maximum Gasteiger partial charge on any atom is 0.339 e. The summed E-state index contributed by atoms with van der Waals surface area (Å²) < 4.78 is 18.3. The Kier molecular flexibility index (Phi) is 5.62. The lowest BCUT2D eigenvalue weighted by molar-refractivity contribution is 0.0693. The second-order valence-electron chi connectivity index (χ2n) is 6.45. The second-order valence-corrected chi connectivity index (χ2v) is 6.45. The van der Waals surface area contributed by atoms with Gasteiger partial charge in [0, 0.05) is 37.3 Å². The lowest BCUT2D eigenvalue weighted by Crippen LogP contribution is -2.40. The number of aryl methyl sites for hydroxylation is 1. The molecule has 9 heteroatoms. The number of halogens is 1. The number of aromatic carboxylic acids is 1. The number of carboxylic acid groups (broad SMARTS) is 1. The highest BCUT2D eigenvalue weighted by Crippen LogP contribution is 2.20. The van der Waals surface area contributed by atoms with E-state index in [1.807, 2.05) is 0 Å². The van der Waals surface area contributed by atoms with Crippen LogP contribution in [-0.4, -0.2) is 47.0 Å². The highest BCUT2D eigenvalue weighted by atomic mass is 19.1. The minimum Gasteiger partial charge on any atom is -0.478 e. The highest BCUT2D eigenvalue weighted by molar-refractivity contribution is 5.96. The zero-order chi connectivity index (χ0) is 20.3. The molecule has 1 aliphatic rings. The van der Waals surface area contributed by atoms with E-state index in [1.54, 1.807) is 6.92 Å². The highest BCUT2D eigenvalue weighted by Gasteiger charge is 2.31. The molecule has 148 valence electrons. The Morgan fingerprint density at radius 2 is 2.00 bits per heavy atom. The SMILES string of the molecule is CCc1oc(C(=O)N2CCC(NC(=O)Nc3ccc(F)cc3)C2)cc1C(=O)O. The summed E-state index contributed by atoms with van der Waals surface area (Å²) >= 11 is 0. The number of furan rings is 1. The van der Waals surface area contributed by atoms with E-state index in [0.717, 1.165) is 0 Å². The van der Waals surface area contributed by atoms with E-state index in [0.29, 0.717) is 25.1 Å². The third-order valence-electron chi connectivity index (χ3n) is 4.48. The summed E-state index contributed by atoms with van der Waals surface area (Å²) in [6, 6.07) is 5.90.